The molecule has 0 aliphatic rings. The number of benzene rings is 2. The smallest absolute Gasteiger partial charge is 0.270 e. The number of nitriles is 1. The highest BCUT2D eigenvalue weighted by Crippen LogP contribution is 2.22. The minimum Gasteiger partial charge on any atom is -0.491 e. The zero-order valence-electron chi connectivity index (χ0n) is 15.2. The van der Waals surface area contributed by atoms with E-state index in [2.05, 4.69) is 20.5 Å². The van der Waals surface area contributed by atoms with E-state index >= 15 is 0 Å². The summed E-state index contributed by atoms with van der Waals surface area (Å²) in [7, 11) is 0. The molecule has 0 saturated heterocycles. The number of anilines is 1. The molecule has 0 bridgehead atoms. The Hall–Kier alpha value is -4.06. The van der Waals surface area contributed by atoms with Gasteiger partial charge < -0.3 is 4.74 Å². The van der Waals surface area contributed by atoms with Crippen LogP contribution in [0.15, 0.2) is 52.4 Å². The summed E-state index contributed by atoms with van der Waals surface area (Å²) in [5.74, 6) is -2.40. The first-order chi connectivity index (χ1) is 14.0. The van der Waals surface area contributed by atoms with Gasteiger partial charge in [-0.3, -0.25) is 9.78 Å². The van der Waals surface area contributed by atoms with Gasteiger partial charge in [-0.1, -0.05) is 30.3 Å². The highest BCUT2D eigenvalue weighted by molar-refractivity contribution is 5.81. The van der Waals surface area contributed by atoms with Crippen LogP contribution < -0.4 is 15.7 Å². The van der Waals surface area contributed by atoms with Gasteiger partial charge >= 0.3 is 0 Å². The number of nitrogens with one attached hydrogen (secondary N) is 2. The van der Waals surface area contributed by atoms with Crippen LogP contribution in [0.25, 0.3) is 11.3 Å². The largest absolute Gasteiger partial charge is 0.491 e. The number of H-pyrrole nitrogens is 1. The molecular formula is C20H15F2N5O2. The van der Waals surface area contributed by atoms with Crippen LogP contribution in [0.5, 0.6) is 5.75 Å². The van der Waals surface area contributed by atoms with Crippen LogP contribution in [0, 0.1) is 23.0 Å². The minimum absolute atomic E-state index is 0.0169. The van der Waals surface area contributed by atoms with E-state index in [4.69, 9.17) is 4.74 Å². The molecule has 0 aliphatic carbocycles. The maximum Gasteiger partial charge on any atom is 0.270 e. The first-order valence-corrected chi connectivity index (χ1v) is 8.54. The topological polar surface area (TPSA) is 103 Å². The molecule has 0 spiro atoms. The predicted molar refractivity (Wildman–Crippen MR) is 104 cm³/mol. The molecule has 29 heavy (non-hydrogen) atoms. The number of rotatable bonds is 6. The summed E-state index contributed by atoms with van der Waals surface area (Å²) in [4.78, 5) is 18.8. The number of hydrogen-bond acceptors (Lipinski definition) is 6. The average Bonchev–Trinajstić information content (AvgIpc) is 2.72. The summed E-state index contributed by atoms with van der Waals surface area (Å²) in [6, 6.07) is 12.8. The molecule has 0 atom stereocenters. The van der Waals surface area contributed by atoms with Gasteiger partial charge in [0.15, 0.2) is 11.6 Å². The Kier molecular flexibility index (Phi) is 5.94. The fraction of sp³-hybridized carbons (Fsp3) is 0.100. The third-order valence-electron chi connectivity index (χ3n) is 3.78. The lowest BCUT2D eigenvalue weighted by Gasteiger charge is -2.07. The Labute approximate surface area is 164 Å². The molecule has 2 aromatic carbocycles. The van der Waals surface area contributed by atoms with Gasteiger partial charge in [0.1, 0.15) is 11.6 Å². The highest BCUT2D eigenvalue weighted by Gasteiger charge is 2.13. The Balaban J connectivity index is 1.89. The summed E-state index contributed by atoms with van der Waals surface area (Å²) < 4.78 is 32.3. The van der Waals surface area contributed by atoms with Crippen LogP contribution in [-0.2, 0) is 0 Å². The van der Waals surface area contributed by atoms with Gasteiger partial charge in [0.05, 0.1) is 18.5 Å². The molecule has 146 valence electrons. The predicted octanol–water partition coefficient (Wildman–Crippen LogP) is 3.43. The Bertz CT molecular complexity index is 1150. The quantitative estimate of drug-likeness (QED) is 0.492. The lowest BCUT2D eigenvalue weighted by Crippen LogP contribution is -2.16. The van der Waals surface area contributed by atoms with Crippen LogP contribution >= 0.6 is 0 Å². The zero-order chi connectivity index (χ0) is 20.8. The molecule has 0 radical (unpaired) electrons. The standard InChI is InChI=1S/C20H15F2N5O2/c1-2-29-16-9-12(8-15(21)17(16)22)11-24-27-20-25-18(13-6-4-3-5-7-13)14(10-23)19(28)26-20/h3-9,11H,2H2,1H3,(H2,25,26,27,28). The monoisotopic (exact) mass is 395 g/mol. The Morgan fingerprint density at radius 3 is 2.76 bits per heavy atom. The van der Waals surface area contributed by atoms with Crippen LogP contribution in [0.4, 0.5) is 14.7 Å². The van der Waals surface area contributed by atoms with Crippen LogP contribution in [0.3, 0.4) is 0 Å². The summed E-state index contributed by atoms with van der Waals surface area (Å²) >= 11 is 0. The number of aromatic nitrogens is 2. The summed E-state index contributed by atoms with van der Waals surface area (Å²) in [5.41, 5.74) is 2.77. The maximum absolute atomic E-state index is 13.7. The molecule has 3 aromatic rings. The van der Waals surface area contributed by atoms with E-state index in [1.54, 1.807) is 37.3 Å². The molecule has 1 aromatic heterocycles. The first-order valence-electron chi connectivity index (χ1n) is 8.54. The van der Waals surface area contributed by atoms with Gasteiger partial charge in [-0.05, 0) is 19.1 Å². The second kappa shape index (κ2) is 8.75. The molecule has 9 heteroatoms. The molecule has 0 amide bonds. The lowest BCUT2D eigenvalue weighted by molar-refractivity contribution is 0.314. The highest BCUT2D eigenvalue weighted by atomic mass is 19.2. The van der Waals surface area contributed by atoms with Gasteiger partial charge in [0.2, 0.25) is 11.8 Å². The van der Waals surface area contributed by atoms with E-state index in [-0.39, 0.29) is 35.1 Å². The second-order valence-corrected chi connectivity index (χ2v) is 5.73. The number of aromatic amines is 1. The van der Waals surface area contributed by atoms with Gasteiger partial charge in [-0.2, -0.15) is 14.8 Å². The molecular weight excluding hydrogens is 380 g/mol. The van der Waals surface area contributed by atoms with Crippen molar-refractivity contribution in [3.8, 4) is 23.1 Å². The zero-order valence-corrected chi connectivity index (χ0v) is 15.2. The molecule has 3 rings (SSSR count). The number of hydrogen-bond donors (Lipinski definition) is 2. The Morgan fingerprint density at radius 1 is 1.31 bits per heavy atom. The summed E-state index contributed by atoms with van der Waals surface area (Å²) in [5, 5.41) is 13.1. The lowest BCUT2D eigenvalue weighted by atomic mass is 10.1. The van der Waals surface area contributed by atoms with Crippen molar-refractivity contribution in [2.45, 2.75) is 6.92 Å². The molecule has 7 nitrogen and oxygen atoms in total. The van der Waals surface area contributed by atoms with Crippen LogP contribution in [-0.4, -0.2) is 22.8 Å². The van der Waals surface area contributed by atoms with Crippen molar-refractivity contribution >= 4 is 12.2 Å². The maximum atomic E-state index is 13.7. The number of halogens is 2. The van der Waals surface area contributed by atoms with Gasteiger partial charge in [0.25, 0.3) is 5.56 Å². The molecule has 2 N–H and O–H groups in total. The molecule has 1 heterocycles. The van der Waals surface area contributed by atoms with Crippen molar-refractivity contribution in [1.82, 2.24) is 9.97 Å². The molecule has 0 saturated carbocycles. The average molecular weight is 395 g/mol. The van der Waals surface area contributed by atoms with E-state index < -0.39 is 17.2 Å². The van der Waals surface area contributed by atoms with E-state index in [1.165, 1.54) is 12.3 Å². The van der Waals surface area contributed by atoms with Crippen LogP contribution in [0.1, 0.15) is 18.1 Å². The van der Waals surface area contributed by atoms with E-state index in [1.807, 2.05) is 6.07 Å². The van der Waals surface area contributed by atoms with Crippen LogP contribution in [0.2, 0.25) is 0 Å². The second-order valence-electron chi connectivity index (χ2n) is 5.73. The van der Waals surface area contributed by atoms with Crippen molar-refractivity contribution < 1.29 is 13.5 Å². The van der Waals surface area contributed by atoms with Gasteiger partial charge in [0, 0.05) is 11.1 Å². The summed E-state index contributed by atoms with van der Waals surface area (Å²) in [6.45, 7) is 1.82. The molecule has 0 fully saturated rings. The third-order valence-corrected chi connectivity index (χ3v) is 3.78. The normalized spacial score (nSPS) is 10.7. The van der Waals surface area contributed by atoms with E-state index in [0.29, 0.717) is 5.56 Å². The molecule has 0 unspecified atom stereocenters. The van der Waals surface area contributed by atoms with Gasteiger partial charge in [-0.25, -0.2) is 14.8 Å². The SMILES string of the molecule is CCOc1cc(C=NNc2nc(-c3ccccc3)c(C#N)c(=O)[nH]2)cc(F)c1F. The number of nitrogens with zero attached hydrogens (tertiary/aromatic N) is 3. The van der Waals surface area contributed by atoms with Crippen molar-refractivity contribution in [2.75, 3.05) is 12.0 Å². The van der Waals surface area contributed by atoms with E-state index in [0.717, 1.165) is 6.07 Å². The fourth-order valence-corrected chi connectivity index (χ4v) is 2.52. The van der Waals surface area contributed by atoms with Gasteiger partial charge in [-0.15, -0.1) is 0 Å². The van der Waals surface area contributed by atoms with E-state index in [9.17, 15) is 18.8 Å². The van der Waals surface area contributed by atoms with Crippen molar-refractivity contribution in [3.05, 3.63) is 75.6 Å². The first kappa shape index (κ1) is 19.7. The molecule has 0 aliphatic heterocycles. The summed E-state index contributed by atoms with van der Waals surface area (Å²) in [6.07, 6.45) is 1.21. The van der Waals surface area contributed by atoms with Crippen molar-refractivity contribution in [2.24, 2.45) is 5.10 Å². The third kappa shape index (κ3) is 4.44. The van der Waals surface area contributed by atoms with Crippen molar-refractivity contribution in [1.29, 1.82) is 5.26 Å². The number of hydrazone groups is 1. The fourth-order valence-electron chi connectivity index (χ4n) is 2.52. The van der Waals surface area contributed by atoms with Crippen molar-refractivity contribution in [3.63, 3.8) is 0 Å². The minimum atomic E-state index is -1.08. The number of ether oxygens (including phenoxy) is 1. The Morgan fingerprint density at radius 2 is 2.07 bits per heavy atom.